The van der Waals surface area contributed by atoms with E-state index in [9.17, 15) is 4.79 Å². The van der Waals surface area contributed by atoms with Crippen molar-refractivity contribution in [3.05, 3.63) is 24.0 Å². The third kappa shape index (κ3) is 2.59. The molecule has 1 N–H and O–H groups in total. The lowest BCUT2D eigenvalue weighted by Crippen LogP contribution is -2.52. The Morgan fingerprint density at radius 1 is 1.65 bits per heavy atom. The molecule has 0 bridgehead atoms. The fourth-order valence-corrected chi connectivity index (χ4v) is 1.79. The molecule has 2 unspecified atom stereocenters. The van der Waals surface area contributed by atoms with E-state index in [1.165, 1.54) is 12.4 Å². The maximum absolute atomic E-state index is 12.2. The summed E-state index contributed by atoms with van der Waals surface area (Å²) < 4.78 is 5.38. The Bertz CT molecular complexity index is 385. The van der Waals surface area contributed by atoms with E-state index < -0.39 is 0 Å². The third-order valence-electron chi connectivity index (χ3n) is 2.80. The first-order chi connectivity index (χ1) is 8.22. The molecule has 1 fully saturated rings. The summed E-state index contributed by atoms with van der Waals surface area (Å²) in [6.45, 7) is 2.68. The van der Waals surface area contributed by atoms with Crippen LogP contribution in [-0.4, -0.2) is 58.0 Å². The minimum Gasteiger partial charge on any atom is -0.394 e. The van der Waals surface area contributed by atoms with Crippen LogP contribution in [-0.2, 0) is 4.74 Å². The SMILES string of the molecule is CC1COC(CO)CN1C(=O)c1ccnnc1. The van der Waals surface area contributed by atoms with Gasteiger partial charge in [-0.2, -0.15) is 10.2 Å². The number of rotatable bonds is 2. The number of amides is 1. The van der Waals surface area contributed by atoms with E-state index in [-0.39, 0.29) is 24.7 Å². The highest BCUT2D eigenvalue weighted by molar-refractivity contribution is 5.94. The van der Waals surface area contributed by atoms with E-state index in [0.29, 0.717) is 18.7 Å². The molecule has 1 saturated heterocycles. The second-order valence-corrected chi connectivity index (χ2v) is 4.08. The van der Waals surface area contributed by atoms with Crippen LogP contribution >= 0.6 is 0 Å². The van der Waals surface area contributed by atoms with Gasteiger partial charge in [-0.1, -0.05) is 0 Å². The van der Waals surface area contributed by atoms with Gasteiger partial charge in [0.05, 0.1) is 43.3 Å². The molecule has 2 heterocycles. The molecular weight excluding hydrogens is 222 g/mol. The summed E-state index contributed by atoms with van der Waals surface area (Å²) in [4.78, 5) is 13.9. The van der Waals surface area contributed by atoms with Crippen LogP contribution in [0.4, 0.5) is 0 Å². The number of aromatic nitrogens is 2. The average Bonchev–Trinajstić information content (AvgIpc) is 2.39. The van der Waals surface area contributed by atoms with Gasteiger partial charge in [0.1, 0.15) is 0 Å². The standard InChI is InChI=1S/C11H15N3O3/c1-8-7-17-10(6-15)5-14(8)11(16)9-2-3-12-13-4-9/h2-4,8,10,15H,5-7H2,1H3. The molecule has 1 aromatic rings. The first-order valence-electron chi connectivity index (χ1n) is 5.52. The number of nitrogens with zero attached hydrogens (tertiary/aromatic N) is 3. The summed E-state index contributed by atoms with van der Waals surface area (Å²) in [6, 6.07) is 1.63. The maximum atomic E-state index is 12.2. The first kappa shape index (κ1) is 11.9. The Labute approximate surface area is 99.2 Å². The zero-order chi connectivity index (χ0) is 12.3. The Kier molecular flexibility index (Phi) is 3.65. The fraction of sp³-hybridized carbons (Fsp3) is 0.545. The summed E-state index contributed by atoms with van der Waals surface area (Å²) in [5.74, 6) is -0.103. The molecule has 0 aliphatic carbocycles. The molecule has 0 spiro atoms. The second kappa shape index (κ2) is 5.20. The average molecular weight is 237 g/mol. The van der Waals surface area contributed by atoms with E-state index in [1.54, 1.807) is 11.0 Å². The molecule has 0 aromatic carbocycles. The molecule has 1 aromatic heterocycles. The zero-order valence-electron chi connectivity index (χ0n) is 9.61. The Balaban J connectivity index is 2.12. The van der Waals surface area contributed by atoms with E-state index in [2.05, 4.69) is 10.2 Å². The zero-order valence-corrected chi connectivity index (χ0v) is 9.61. The largest absolute Gasteiger partial charge is 0.394 e. The molecule has 0 radical (unpaired) electrons. The van der Waals surface area contributed by atoms with Crippen LogP contribution < -0.4 is 0 Å². The molecule has 0 saturated carbocycles. The quantitative estimate of drug-likeness (QED) is 0.764. The van der Waals surface area contributed by atoms with Gasteiger partial charge in [-0.3, -0.25) is 4.79 Å². The van der Waals surface area contributed by atoms with Crippen molar-refractivity contribution in [1.29, 1.82) is 0 Å². The number of aliphatic hydroxyl groups excluding tert-OH is 1. The van der Waals surface area contributed by atoms with Crippen molar-refractivity contribution in [2.45, 2.75) is 19.1 Å². The lowest BCUT2D eigenvalue weighted by molar-refractivity contribution is -0.0667. The van der Waals surface area contributed by atoms with Crippen LogP contribution in [0.25, 0.3) is 0 Å². The summed E-state index contributed by atoms with van der Waals surface area (Å²) in [5, 5.41) is 16.4. The van der Waals surface area contributed by atoms with Gasteiger partial charge >= 0.3 is 0 Å². The number of hydrogen-bond acceptors (Lipinski definition) is 5. The van der Waals surface area contributed by atoms with Crippen molar-refractivity contribution < 1.29 is 14.6 Å². The normalized spacial score (nSPS) is 24.7. The van der Waals surface area contributed by atoms with Gasteiger partial charge in [0.25, 0.3) is 5.91 Å². The Morgan fingerprint density at radius 2 is 2.47 bits per heavy atom. The van der Waals surface area contributed by atoms with Crippen molar-refractivity contribution in [3.8, 4) is 0 Å². The van der Waals surface area contributed by atoms with Gasteiger partial charge in [-0.25, -0.2) is 0 Å². The topological polar surface area (TPSA) is 75.6 Å². The van der Waals surface area contributed by atoms with Gasteiger partial charge in [0, 0.05) is 6.54 Å². The molecule has 1 aliphatic rings. The second-order valence-electron chi connectivity index (χ2n) is 4.08. The number of carbonyl (C=O) groups is 1. The van der Waals surface area contributed by atoms with Crippen molar-refractivity contribution in [3.63, 3.8) is 0 Å². The minimum atomic E-state index is -0.301. The number of hydrogen-bond donors (Lipinski definition) is 1. The molecule has 17 heavy (non-hydrogen) atoms. The Hall–Kier alpha value is -1.53. The van der Waals surface area contributed by atoms with Crippen molar-refractivity contribution in [2.75, 3.05) is 19.8 Å². The lowest BCUT2D eigenvalue weighted by Gasteiger charge is -2.37. The number of carbonyl (C=O) groups excluding carboxylic acids is 1. The van der Waals surface area contributed by atoms with E-state index >= 15 is 0 Å². The van der Waals surface area contributed by atoms with Crippen molar-refractivity contribution in [2.24, 2.45) is 0 Å². The van der Waals surface area contributed by atoms with Crippen LogP contribution in [0.1, 0.15) is 17.3 Å². The first-order valence-corrected chi connectivity index (χ1v) is 5.52. The van der Waals surface area contributed by atoms with E-state index in [0.717, 1.165) is 0 Å². The smallest absolute Gasteiger partial charge is 0.255 e. The molecule has 2 atom stereocenters. The van der Waals surface area contributed by atoms with Crippen LogP contribution in [0.3, 0.4) is 0 Å². The summed E-state index contributed by atoms with van der Waals surface area (Å²) in [7, 11) is 0. The van der Waals surface area contributed by atoms with E-state index in [1.807, 2.05) is 6.92 Å². The molecule has 1 aliphatic heterocycles. The van der Waals surface area contributed by atoms with Crippen molar-refractivity contribution >= 4 is 5.91 Å². The van der Waals surface area contributed by atoms with Gasteiger partial charge in [0.2, 0.25) is 0 Å². The number of aliphatic hydroxyl groups is 1. The lowest BCUT2D eigenvalue weighted by atomic mass is 10.1. The van der Waals surface area contributed by atoms with Gasteiger partial charge in [-0.15, -0.1) is 0 Å². The molecule has 92 valence electrons. The molecule has 6 heteroatoms. The summed E-state index contributed by atoms with van der Waals surface area (Å²) >= 11 is 0. The number of morpholine rings is 1. The van der Waals surface area contributed by atoms with Gasteiger partial charge < -0.3 is 14.7 Å². The predicted molar refractivity (Wildman–Crippen MR) is 59.4 cm³/mol. The van der Waals surface area contributed by atoms with E-state index in [4.69, 9.17) is 9.84 Å². The monoisotopic (exact) mass is 237 g/mol. The highest BCUT2D eigenvalue weighted by Gasteiger charge is 2.29. The highest BCUT2D eigenvalue weighted by Crippen LogP contribution is 2.14. The van der Waals surface area contributed by atoms with Crippen molar-refractivity contribution in [1.82, 2.24) is 15.1 Å². The van der Waals surface area contributed by atoms with Crippen LogP contribution in [0.2, 0.25) is 0 Å². The molecular formula is C11H15N3O3. The summed E-state index contributed by atoms with van der Waals surface area (Å²) in [5.41, 5.74) is 0.505. The van der Waals surface area contributed by atoms with Crippen LogP contribution in [0.5, 0.6) is 0 Å². The maximum Gasteiger partial charge on any atom is 0.255 e. The molecule has 6 nitrogen and oxygen atoms in total. The third-order valence-corrected chi connectivity index (χ3v) is 2.80. The predicted octanol–water partition coefficient (Wildman–Crippen LogP) is -0.302. The van der Waals surface area contributed by atoms with Gasteiger partial charge in [-0.05, 0) is 13.0 Å². The summed E-state index contributed by atoms with van der Waals surface area (Å²) in [6.07, 6.45) is 2.63. The Morgan fingerprint density at radius 3 is 3.12 bits per heavy atom. The van der Waals surface area contributed by atoms with Crippen LogP contribution in [0, 0.1) is 0 Å². The molecule has 1 amide bonds. The van der Waals surface area contributed by atoms with Crippen LogP contribution in [0.15, 0.2) is 18.5 Å². The van der Waals surface area contributed by atoms with Gasteiger partial charge in [0.15, 0.2) is 0 Å². The fourth-order valence-electron chi connectivity index (χ4n) is 1.79. The number of ether oxygens (including phenoxy) is 1. The highest BCUT2D eigenvalue weighted by atomic mass is 16.5. The minimum absolute atomic E-state index is 0.00142. The molecule has 2 rings (SSSR count).